The molecule has 0 bridgehead atoms. The van der Waals surface area contributed by atoms with Gasteiger partial charge in [0.15, 0.2) is 0 Å². The molecule has 1 aromatic carbocycles. The van der Waals surface area contributed by atoms with E-state index in [1.807, 2.05) is 12.1 Å². The Labute approximate surface area is 85.9 Å². The summed E-state index contributed by atoms with van der Waals surface area (Å²) in [6.45, 7) is 0.0294. The molecule has 2 nitrogen and oxygen atoms in total. The van der Waals surface area contributed by atoms with Crippen molar-refractivity contribution in [2.24, 2.45) is 5.73 Å². The summed E-state index contributed by atoms with van der Waals surface area (Å²) in [4.78, 5) is 0. The van der Waals surface area contributed by atoms with Crippen molar-refractivity contribution in [2.75, 3.05) is 6.61 Å². The van der Waals surface area contributed by atoms with Crippen LogP contribution >= 0.6 is 15.9 Å². The molecule has 0 aliphatic heterocycles. The Morgan fingerprint density at radius 1 is 1.54 bits per heavy atom. The number of nitrogens with two attached hydrogens (primary N) is 1. The van der Waals surface area contributed by atoms with Gasteiger partial charge in [-0.15, -0.1) is 0 Å². The zero-order valence-corrected chi connectivity index (χ0v) is 8.84. The van der Waals surface area contributed by atoms with E-state index in [9.17, 15) is 5.11 Å². The molecule has 0 saturated heterocycles. The molecule has 3 N–H and O–H groups in total. The predicted molar refractivity (Wildman–Crippen MR) is 55.4 cm³/mol. The second-order valence-electron chi connectivity index (χ2n) is 3.62. The molecule has 0 amide bonds. The fraction of sp³-hybridized carbons (Fsp3) is 0.400. The molecule has 13 heavy (non-hydrogen) atoms. The van der Waals surface area contributed by atoms with Crippen LogP contribution in [0.25, 0.3) is 0 Å². The van der Waals surface area contributed by atoms with Crippen LogP contribution in [0.3, 0.4) is 0 Å². The van der Waals surface area contributed by atoms with E-state index < -0.39 is 5.54 Å². The van der Waals surface area contributed by atoms with Crippen LogP contribution < -0.4 is 5.73 Å². The second kappa shape index (κ2) is 3.08. The average Bonchev–Trinajstić information content (AvgIpc) is 2.45. The maximum atomic E-state index is 9.20. The largest absolute Gasteiger partial charge is 0.394 e. The number of aryl methyl sites for hydroxylation is 1. The summed E-state index contributed by atoms with van der Waals surface area (Å²) in [6.07, 6.45) is 1.81. The summed E-state index contributed by atoms with van der Waals surface area (Å²) < 4.78 is 1.08. The third kappa shape index (κ3) is 1.41. The zero-order chi connectivity index (χ0) is 9.47. The molecule has 1 aliphatic carbocycles. The van der Waals surface area contributed by atoms with E-state index >= 15 is 0 Å². The average molecular weight is 242 g/mol. The molecule has 3 heteroatoms. The number of aliphatic hydroxyl groups is 1. The lowest BCUT2D eigenvalue weighted by atomic mass is 9.94. The fourth-order valence-corrected chi connectivity index (χ4v) is 2.32. The number of hydrogen-bond acceptors (Lipinski definition) is 2. The first-order valence-electron chi connectivity index (χ1n) is 4.34. The van der Waals surface area contributed by atoms with Gasteiger partial charge in [0.1, 0.15) is 0 Å². The minimum atomic E-state index is -0.504. The van der Waals surface area contributed by atoms with Crippen LogP contribution in [0.5, 0.6) is 0 Å². The topological polar surface area (TPSA) is 46.2 Å². The molecule has 2 rings (SSSR count). The molecule has 0 saturated carbocycles. The van der Waals surface area contributed by atoms with Crippen molar-refractivity contribution < 1.29 is 5.11 Å². The van der Waals surface area contributed by atoms with Crippen molar-refractivity contribution in [1.29, 1.82) is 0 Å². The number of rotatable bonds is 1. The van der Waals surface area contributed by atoms with E-state index in [1.165, 1.54) is 5.56 Å². The highest BCUT2D eigenvalue weighted by molar-refractivity contribution is 9.10. The molecule has 0 aromatic heterocycles. The van der Waals surface area contributed by atoms with Gasteiger partial charge in [0.25, 0.3) is 0 Å². The van der Waals surface area contributed by atoms with Gasteiger partial charge in [0.2, 0.25) is 0 Å². The van der Waals surface area contributed by atoms with Gasteiger partial charge < -0.3 is 10.8 Å². The number of aliphatic hydroxyl groups excluding tert-OH is 1. The first-order chi connectivity index (χ1) is 6.15. The van der Waals surface area contributed by atoms with Crippen molar-refractivity contribution in [3.8, 4) is 0 Å². The Bertz CT molecular complexity index is 340. The summed E-state index contributed by atoms with van der Waals surface area (Å²) in [5.74, 6) is 0. The van der Waals surface area contributed by atoms with E-state index in [1.54, 1.807) is 0 Å². The number of halogens is 1. The molecule has 0 fully saturated rings. The van der Waals surface area contributed by atoms with Gasteiger partial charge in [0, 0.05) is 4.47 Å². The van der Waals surface area contributed by atoms with Gasteiger partial charge in [-0.2, -0.15) is 0 Å². The summed E-state index contributed by atoms with van der Waals surface area (Å²) in [7, 11) is 0. The van der Waals surface area contributed by atoms with Crippen molar-refractivity contribution in [1.82, 2.24) is 0 Å². The van der Waals surface area contributed by atoms with Crippen LogP contribution in [-0.2, 0) is 12.0 Å². The number of hydrogen-bond donors (Lipinski definition) is 2. The van der Waals surface area contributed by atoms with E-state index in [0.717, 1.165) is 22.9 Å². The van der Waals surface area contributed by atoms with Crippen molar-refractivity contribution in [2.45, 2.75) is 18.4 Å². The van der Waals surface area contributed by atoms with Gasteiger partial charge in [0.05, 0.1) is 12.1 Å². The standard InChI is InChI=1S/C10H12BrNO/c11-8-1-2-9-7(5-8)3-4-10(9,12)6-13/h1-2,5,13H,3-4,6,12H2/t10-/m0/s1. The number of benzene rings is 1. The first-order valence-corrected chi connectivity index (χ1v) is 5.14. The van der Waals surface area contributed by atoms with Crippen LogP contribution in [-0.4, -0.2) is 11.7 Å². The highest BCUT2D eigenvalue weighted by Gasteiger charge is 2.34. The molecular weight excluding hydrogens is 230 g/mol. The molecule has 1 aliphatic rings. The monoisotopic (exact) mass is 241 g/mol. The van der Waals surface area contributed by atoms with Gasteiger partial charge in [-0.3, -0.25) is 0 Å². The van der Waals surface area contributed by atoms with Crippen molar-refractivity contribution in [3.05, 3.63) is 33.8 Å². The Morgan fingerprint density at radius 2 is 2.31 bits per heavy atom. The van der Waals surface area contributed by atoms with E-state index in [4.69, 9.17) is 5.73 Å². The van der Waals surface area contributed by atoms with Gasteiger partial charge in [-0.1, -0.05) is 22.0 Å². The van der Waals surface area contributed by atoms with Gasteiger partial charge >= 0.3 is 0 Å². The van der Waals surface area contributed by atoms with E-state index in [-0.39, 0.29) is 6.61 Å². The Balaban J connectivity index is 2.49. The summed E-state index contributed by atoms with van der Waals surface area (Å²) in [6, 6.07) is 6.06. The van der Waals surface area contributed by atoms with Crippen molar-refractivity contribution >= 4 is 15.9 Å². The Morgan fingerprint density at radius 3 is 3.00 bits per heavy atom. The van der Waals surface area contributed by atoms with E-state index in [2.05, 4.69) is 22.0 Å². The Kier molecular flexibility index (Phi) is 2.18. The first kappa shape index (κ1) is 9.19. The SMILES string of the molecule is N[C@]1(CO)CCc2cc(Br)ccc21. The minimum absolute atomic E-state index is 0.0294. The highest BCUT2D eigenvalue weighted by atomic mass is 79.9. The summed E-state index contributed by atoms with van der Waals surface area (Å²) in [5.41, 5.74) is 7.90. The summed E-state index contributed by atoms with van der Waals surface area (Å²) >= 11 is 3.42. The molecule has 70 valence electrons. The maximum Gasteiger partial charge on any atom is 0.0653 e. The van der Waals surface area contributed by atoms with Crippen LogP contribution in [0.1, 0.15) is 17.5 Å². The van der Waals surface area contributed by atoms with Crippen LogP contribution in [0.15, 0.2) is 22.7 Å². The molecular formula is C10H12BrNO. The molecule has 0 heterocycles. The lowest BCUT2D eigenvalue weighted by molar-refractivity contribution is 0.197. The predicted octanol–water partition coefficient (Wildman–Crippen LogP) is 1.54. The second-order valence-corrected chi connectivity index (χ2v) is 4.53. The Hall–Kier alpha value is -0.380. The van der Waals surface area contributed by atoms with Crippen LogP contribution in [0.4, 0.5) is 0 Å². The smallest absolute Gasteiger partial charge is 0.0653 e. The molecule has 1 atom stereocenters. The molecule has 1 aromatic rings. The zero-order valence-electron chi connectivity index (χ0n) is 7.26. The van der Waals surface area contributed by atoms with Crippen LogP contribution in [0, 0.1) is 0 Å². The quantitative estimate of drug-likeness (QED) is 0.784. The van der Waals surface area contributed by atoms with E-state index in [0.29, 0.717) is 0 Å². The van der Waals surface area contributed by atoms with Gasteiger partial charge in [-0.25, -0.2) is 0 Å². The normalized spacial score (nSPS) is 26.1. The third-order valence-electron chi connectivity index (χ3n) is 2.73. The third-order valence-corrected chi connectivity index (χ3v) is 3.22. The van der Waals surface area contributed by atoms with Crippen LogP contribution in [0.2, 0.25) is 0 Å². The van der Waals surface area contributed by atoms with Crippen molar-refractivity contribution in [3.63, 3.8) is 0 Å². The molecule has 0 spiro atoms. The molecule has 0 radical (unpaired) electrons. The summed E-state index contributed by atoms with van der Waals surface area (Å²) in [5, 5.41) is 9.20. The fourth-order valence-electron chi connectivity index (χ4n) is 1.91. The number of fused-ring (bicyclic) bond motifs is 1. The highest BCUT2D eigenvalue weighted by Crippen LogP contribution is 2.35. The maximum absolute atomic E-state index is 9.20. The van der Waals surface area contributed by atoms with Gasteiger partial charge in [-0.05, 0) is 36.1 Å². The lowest BCUT2D eigenvalue weighted by Crippen LogP contribution is -2.37. The lowest BCUT2D eigenvalue weighted by Gasteiger charge is -2.22. The molecule has 0 unspecified atom stereocenters. The minimum Gasteiger partial charge on any atom is -0.394 e.